The minimum atomic E-state index is 0.589. The SMILES string of the molecule is Cc1ccc(-c2nc3c(Cl)cccn3c2N)cc1Br. The minimum absolute atomic E-state index is 0.589. The molecular formula is C14H11BrClN3. The van der Waals surface area contributed by atoms with E-state index in [1.807, 2.05) is 37.4 Å². The van der Waals surface area contributed by atoms with E-state index in [1.165, 1.54) is 5.56 Å². The molecule has 0 radical (unpaired) electrons. The molecular weight excluding hydrogens is 326 g/mol. The molecule has 2 heterocycles. The zero-order valence-corrected chi connectivity index (χ0v) is 12.5. The van der Waals surface area contributed by atoms with E-state index in [1.54, 1.807) is 10.5 Å². The summed E-state index contributed by atoms with van der Waals surface area (Å²) in [4.78, 5) is 4.54. The van der Waals surface area contributed by atoms with E-state index in [0.29, 0.717) is 16.5 Å². The monoisotopic (exact) mass is 335 g/mol. The quantitative estimate of drug-likeness (QED) is 0.719. The van der Waals surface area contributed by atoms with Crippen molar-refractivity contribution >= 4 is 39.0 Å². The Kier molecular flexibility index (Phi) is 2.99. The van der Waals surface area contributed by atoms with Crippen LogP contribution in [-0.2, 0) is 0 Å². The lowest BCUT2D eigenvalue weighted by Gasteiger charge is -2.02. The summed E-state index contributed by atoms with van der Waals surface area (Å²) >= 11 is 9.66. The molecule has 0 aliphatic carbocycles. The Morgan fingerprint density at radius 3 is 2.79 bits per heavy atom. The highest BCUT2D eigenvalue weighted by Crippen LogP contribution is 2.31. The van der Waals surface area contributed by atoms with Gasteiger partial charge in [-0.1, -0.05) is 39.7 Å². The van der Waals surface area contributed by atoms with Gasteiger partial charge in [0.05, 0.1) is 5.02 Å². The summed E-state index contributed by atoms with van der Waals surface area (Å²) in [5.41, 5.74) is 9.71. The molecule has 19 heavy (non-hydrogen) atoms. The maximum Gasteiger partial charge on any atom is 0.157 e. The van der Waals surface area contributed by atoms with Gasteiger partial charge < -0.3 is 5.73 Å². The van der Waals surface area contributed by atoms with E-state index < -0.39 is 0 Å². The fraction of sp³-hybridized carbons (Fsp3) is 0.0714. The summed E-state index contributed by atoms with van der Waals surface area (Å²) in [6.07, 6.45) is 1.86. The van der Waals surface area contributed by atoms with Gasteiger partial charge in [-0.2, -0.15) is 0 Å². The number of nitrogens with zero attached hydrogens (tertiary/aromatic N) is 2. The van der Waals surface area contributed by atoms with Crippen LogP contribution in [0.3, 0.4) is 0 Å². The van der Waals surface area contributed by atoms with Gasteiger partial charge in [0.25, 0.3) is 0 Å². The minimum Gasteiger partial charge on any atom is -0.383 e. The van der Waals surface area contributed by atoms with Crippen LogP contribution in [0.1, 0.15) is 5.56 Å². The molecule has 3 rings (SSSR count). The first kappa shape index (κ1) is 12.5. The summed E-state index contributed by atoms with van der Waals surface area (Å²) in [7, 11) is 0. The van der Waals surface area contributed by atoms with Crippen LogP contribution in [0.2, 0.25) is 5.02 Å². The van der Waals surface area contributed by atoms with Crippen LogP contribution in [0, 0.1) is 6.92 Å². The van der Waals surface area contributed by atoms with Gasteiger partial charge in [-0.05, 0) is 30.7 Å². The smallest absolute Gasteiger partial charge is 0.157 e. The van der Waals surface area contributed by atoms with Crippen molar-refractivity contribution in [1.82, 2.24) is 9.38 Å². The number of aromatic nitrogens is 2. The standard InChI is InChI=1S/C14H11BrClN3/c1-8-4-5-9(7-10(8)15)12-13(17)19-6-2-3-11(16)14(19)18-12/h2-7H,17H2,1H3. The summed E-state index contributed by atoms with van der Waals surface area (Å²) < 4.78 is 2.83. The first-order valence-electron chi connectivity index (χ1n) is 5.76. The zero-order chi connectivity index (χ0) is 13.6. The second kappa shape index (κ2) is 4.54. The Morgan fingerprint density at radius 1 is 1.32 bits per heavy atom. The molecule has 0 aliphatic heterocycles. The third kappa shape index (κ3) is 2.01. The van der Waals surface area contributed by atoms with E-state index in [9.17, 15) is 0 Å². The Morgan fingerprint density at radius 2 is 2.11 bits per heavy atom. The van der Waals surface area contributed by atoms with Gasteiger partial charge in [0.2, 0.25) is 0 Å². The number of anilines is 1. The van der Waals surface area contributed by atoms with Gasteiger partial charge in [0.15, 0.2) is 5.65 Å². The van der Waals surface area contributed by atoms with Crippen molar-refractivity contribution in [2.75, 3.05) is 5.73 Å². The van der Waals surface area contributed by atoms with E-state index in [2.05, 4.69) is 20.9 Å². The summed E-state index contributed by atoms with van der Waals surface area (Å²) in [5, 5.41) is 0.589. The molecule has 1 aromatic carbocycles. The van der Waals surface area contributed by atoms with Crippen LogP contribution in [0.4, 0.5) is 5.82 Å². The van der Waals surface area contributed by atoms with Crippen molar-refractivity contribution in [3.05, 3.63) is 51.6 Å². The first-order valence-corrected chi connectivity index (χ1v) is 6.93. The Balaban J connectivity index is 2.28. The fourth-order valence-electron chi connectivity index (χ4n) is 2.01. The molecule has 0 saturated carbocycles. The van der Waals surface area contributed by atoms with Crippen LogP contribution in [-0.4, -0.2) is 9.38 Å². The molecule has 0 amide bonds. The second-order valence-corrected chi connectivity index (χ2v) is 5.62. The topological polar surface area (TPSA) is 43.3 Å². The summed E-state index contributed by atoms with van der Waals surface area (Å²) in [6, 6.07) is 9.71. The maximum absolute atomic E-state index is 6.15. The number of aryl methyl sites for hydroxylation is 1. The zero-order valence-electron chi connectivity index (χ0n) is 10.2. The summed E-state index contributed by atoms with van der Waals surface area (Å²) in [6.45, 7) is 2.04. The van der Waals surface area contributed by atoms with Crippen molar-refractivity contribution < 1.29 is 0 Å². The Bertz CT molecular complexity index is 780. The van der Waals surface area contributed by atoms with Crippen LogP contribution in [0.15, 0.2) is 41.0 Å². The number of hydrogen-bond acceptors (Lipinski definition) is 2. The van der Waals surface area contributed by atoms with Crippen molar-refractivity contribution in [3.8, 4) is 11.3 Å². The molecule has 2 aromatic heterocycles. The van der Waals surface area contributed by atoms with Gasteiger partial charge >= 0.3 is 0 Å². The molecule has 3 aromatic rings. The number of imidazole rings is 1. The average molecular weight is 337 g/mol. The average Bonchev–Trinajstić information content (AvgIpc) is 2.72. The largest absolute Gasteiger partial charge is 0.383 e. The van der Waals surface area contributed by atoms with Crippen LogP contribution in [0.25, 0.3) is 16.9 Å². The number of hydrogen-bond donors (Lipinski definition) is 1. The molecule has 3 nitrogen and oxygen atoms in total. The summed E-state index contributed by atoms with van der Waals surface area (Å²) in [5.74, 6) is 0.591. The Labute approximate surface area is 124 Å². The van der Waals surface area contributed by atoms with E-state index in [4.69, 9.17) is 17.3 Å². The fourth-order valence-corrected chi connectivity index (χ4v) is 2.59. The van der Waals surface area contributed by atoms with Gasteiger partial charge in [-0.3, -0.25) is 4.40 Å². The van der Waals surface area contributed by atoms with E-state index in [0.717, 1.165) is 15.7 Å². The molecule has 0 spiro atoms. The van der Waals surface area contributed by atoms with E-state index in [-0.39, 0.29) is 0 Å². The third-order valence-corrected chi connectivity index (χ3v) is 4.23. The van der Waals surface area contributed by atoms with Gasteiger partial charge in [-0.15, -0.1) is 0 Å². The molecule has 0 saturated heterocycles. The van der Waals surface area contributed by atoms with Crippen LogP contribution < -0.4 is 5.73 Å². The van der Waals surface area contributed by atoms with Crippen molar-refractivity contribution in [2.45, 2.75) is 6.92 Å². The predicted molar refractivity (Wildman–Crippen MR) is 82.5 cm³/mol. The molecule has 0 unspecified atom stereocenters. The lowest BCUT2D eigenvalue weighted by Crippen LogP contribution is -1.94. The number of nitrogen functional groups attached to an aromatic ring is 1. The van der Waals surface area contributed by atoms with Crippen LogP contribution in [0.5, 0.6) is 0 Å². The molecule has 5 heteroatoms. The maximum atomic E-state index is 6.15. The molecule has 96 valence electrons. The van der Waals surface area contributed by atoms with E-state index >= 15 is 0 Å². The number of benzene rings is 1. The van der Waals surface area contributed by atoms with Gasteiger partial charge in [0, 0.05) is 16.2 Å². The molecule has 0 fully saturated rings. The van der Waals surface area contributed by atoms with Crippen LogP contribution >= 0.6 is 27.5 Å². The number of rotatable bonds is 1. The van der Waals surface area contributed by atoms with Crippen molar-refractivity contribution in [1.29, 1.82) is 0 Å². The molecule has 2 N–H and O–H groups in total. The number of nitrogens with two attached hydrogens (primary N) is 1. The van der Waals surface area contributed by atoms with Crippen molar-refractivity contribution in [2.24, 2.45) is 0 Å². The van der Waals surface area contributed by atoms with Gasteiger partial charge in [0.1, 0.15) is 11.5 Å². The van der Waals surface area contributed by atoms with Gasteiger partial charge in [-0.25, -0.2) is 4.98 Å². The molecule has 0 bridgehead atoms. The number of fused-ring (bicyclic) bond motifs is 1. The Hall–Kier alpha value is -1.52. The highest BCUT2D eigenvalue weighted by molar-refractivity contribution is 9.10. The predicted octanol–water partition coefficient (Wildman–Crippen LogP) is 4.31. The lowest BCUT2D eigenvalue weighted by molar-refractivity contribution is 1.20. The second-order valence-electron chi connectivity index (χ2n) is 4.36. The normalized spacial score (nSPS) is 11.1. The first-order chi connectivity index (χ1) is 9.08. The number of halogens is 2. The molecule has 0 atom stereocenters. The van der Waals surface area contributed by atoms with Crippen molar-refractivity contribution in [3.63, 3.8) is 0 Å². The third-order valence-electron chi connectivity index (χ3n) is 3.08. The highest BCUT2D eigenvalue weighted by Gasteiger charge is 2.13. The lowest BCUT2D eigenvalue weighted by atomic mass is 10.1. The number of pyridine rings is 1. The molecule has 0 aliphatic rings. The highest BCUT2D eigenvalue weighted by atomic mass is 79.9.